The number of carbonyl (C=O) groups is 2. The Hall–Kier alpha value is -4.44. The van der Waals surface area contributed by atoms with Crippen molar-refractivity contribution in [3.05, 3.63) is 138 Å². The van der Waals surface area contributed by atoms with Crippen LogP contribution in [0.1, 0.15) is 49.1 Å². The fourth-order valence-electron chi connectivity index (χ4n) is 4.89. The Labute approximate surface area is 218 Å². The van der Waals surface area contributed by atoms with Crippen LogP contribution in [-0.2, 0) is 9.59 Å². The molecule has 37 heavy (non-hydrogen) atoms. The predicted molar refractivity (Wildman–Crippen MR) is 150 cm³/mol. The minimum absolute atomic E-state index is 0.193. The average Bonchev–Trinajstić information content (AvgIpc) is 3.17. The zero-order valence-corrected chi connectivity index (χ0v) is 21.3. The van der Waals surface area contributed by atoms with Crippen LogP contribution in [0.2, 0.25) is 0 Å². The largest absolute Gasteiger partial charge is 0.349 e. The number of para-hydroxylation sites is 1. The first-order chi connectivity index (χ1) is 17.8. The van der Waals surface area contributed by atoms with E-state index < -0.39 is 11.6 Å². The molecule has 0 saturated carbocycles. The minimum atomic E-state index is -0.820. The highest BCUT2D eigenvalue weighted by atomic mass is 16.2. The summed E-state index contributed by atoms with van der Waals surface area (Å²) in [6.45, 7) is 5.84. The van der Waals surface area contributed by atoms with Crippen molar-refractivity contribution < 1.29 is 9.59 Å². The van der Waals surface area contributed by atoms with Gasteiger partial charge in [-0.2, -0.15) is 0 Å². The van der Waals surface area contributed by atoms with E-state index in [0.717, 1.165) is 33.5 Å². The van der Waals surface area contributed by atoms with E-state index in [1.807, 2.05) is 136 Å². The van der Waals surface area contributed by atoms with Crippen molar-refractivity contribution in [3.63, 3.8) is 0 Å². The molecule has 184 valence electrons. The molecule has 1 unspecified atom stereocenters. The number of fused-ring (bicyclic) bond motifs is 1. The molecule has 5 rings (SSSR count). The number of hydrogen-bond donors (Lipinski definition) is 1. The Bertz CT molecular complexity index is 1410. The van der Waals surface area contributed by atoms with Gasteiger partial charge in [0.2, 0.25) is 5.91 Å². The summed E-state index contributed by atoms with van der Waals surface area (Å²) in [6.07, 6.45) is 0. The summed E-state index contributed by atoms with van der Waals surface area (Å²) >= 11 is 0. The van der Waals surface area contributed by atoms with Crippen LogP contribution in [0.3, 0.4) is 0 Å². The molecule has 1 atom stereocenters. The molecule has 0 radical (unpaired) electrons. The Kier molecular flexibility index (Phi) is 6.49. The normalized spacial score (nSPS) is 13.8. The molecule has 1 aliphatic rings. The molecule has 4 heteroatoms. The molecule has 0 aliphatic carbocycles. The smallest absolute Gasteiger partial charge is 0.260 e. The van der Waals surface area contributed by atoms with Gasteiger partial charge in [-0.3, -0.25) is 14.5 Å². The van der Waals surface area contributed by atoms with E-state index in [4.69, 9.17) is 0 Å². The number of amides is 2. The molecule has 1 N–H and O–H groups in total. The number of benzene rings is 4. The van der Waals surface area contributed by atoms with Crippen LogP contribution in [0.4, 0.5) is 5.69 Å². The topological polar surface area (TPSA) is 49.4 Å². The molecule has 0 aromatic heterocycles. The van der Waals surface area contributed by atoms with Gasteiger partial charge < -0.3 is 5.32 Å². The summed E-state index contributed by atoms with van der Waals surface area (Å²) in [4.78, 5) is 30.0. The van der Waals surface area contributed by atoms with Crippen LogP contribution >= 0.6 is 0 Å². The lowest BCUT2D eigenvalue weighted by atomic mass is 9.90. The number of anilines is 1. The summed E-state index contributed by atoms with van der Waals surface area (Å²) < 4.78 is 0. The maximum absolute atomic E-state index is 14.5. The van der Waals surface area contributed by atoms with Crippen molar-refractivity contribution in [2.75, 3.05) is 4.90 Å². The number of carbonyl (C=O) groups excluding carboxylic acids is 2. The van der Waals surface area contributed by atoms with Gasteiger partial charge in [-0.1, -0.05) is 109 Å². The lowest BCUT2D eigenvalue weighted by Gasteiger charge is -2.31. The number of nitrogens with zero attached hydrogens (tertiary/aromatic N) is 1. The zero-order valence-electron chi connectivity index (χ0n) is 21.3. The number of hydrogen-bond acceptors (Lipinski definition) is 2. The second-order valence-electron chi connectivity index (χ2n) is 10.2. The molecule has 4 aromatic rings. The fourth-order valence-corrected chi connectivity index (χ4v) is 4.89. The van der Waals surface area contributed by atoms with Crippen LogP contribution in [0.5, 0.6) is 0 Å². The Morgan fingerprint density at radius 1 is 0.703 bits per heavy atom. The zero-order chi connectivity index (χ0) is 26.0. The minimum Gasteiger partial charge on any atom is -0.349 e. The lowest BCUT2D eigenvalue weighted by molar-refractivity contribution is -0.126. The Morgan fingerprint density at radius 3 is 1.73 bits per heavy atom. The second-order valence-corrected chi connectivity index (χ2v) is 10.2. The molecule has 2 amide bonds. The third kappa shape index (κ3) is 4.83. The monoisotopic (exact) mass is 486 g/mol. The van der Waals surface area contributed by atoms with Crippen LogP contribution in [0, 0.1) is 0 Å². The highest BCUT2D eigenvalue weighted by molar-refractivity contribution is 6.39. The highest BCUT2D eigenvalue weighted by Gasteiger charge is 2.42. The molecule has 0 saturated heterocycles. The van der Waals surface area contributed by atoms with Gasteiger partial charge in [0.15, 0.2) is 0 Å². The van der Waals surface area contributed by atoms with E-state index in [2.05, 4.69) is 5.32 Å². The Morgan fingerprint density at radius 2 is 1.19 bits per heavy atom. The lowest BCUT2D eigenvalue weighted by Crippen LogP contribution is -2.48. The standard InChI is InChI=1S/C33H30N2O2/c1-33(2,3)34-31(36)30(25-19-11-6-12-20-25)35-27-22-14-13-21-26(27)29(32(35)37)28(23-15-7-4-8-16-23)24-17-9-5-10-18-24/h4-22,30H,1-3H3,(H,34,36). The summed E-state index contributed by atoms with van der Waals surface area (Å²) in [6, 6.07) is 36.4. The molecule has 0 bridgehead atoms. The van der Waals surface area contributed by atoms with E-state index in [0.29, 0.717) is 5.57 Å². The predicted octanol–water partition coefficient (Wildman–Crippen LogP) is 6.65. The summed E-state index contributed by atoms with van der Waals surface area (Å²) in [7, 11) is 0. The van der Waals surface area contributed by atoms with Crippen molar-refractivity contribution in [2.24, 2.45) is 0 Å². The average molecular weight is 487 g/mol. The van der Waals surface area contributed by atoms with Crippen LogP contribution < -0.4 is 10.2 Å². The van der Waals surface area contributed by atoms with E-state index in [1.165, 1.54) is 0 Å². The van der Waals surface area contributed by atoms with Crippen LogP contribution in [0.25, 0.3) is 11.1 Å². The van der Waals surface area contributed by atoms with Crippen molar-refractivity contribution >= 4 is 28.6 Å². The third-order valence-electron chi connectivity index (χ3n) is 6.36. The molecule has 1 heterocycles. The van der Waals surface area contributed by atoms with Gasteiger partial charge in [0, 0.05) is 16.7 Å². The quantitative estimate of drug-likeness (QED) is 0.321. The van der Waals surface area contributed by atoms with Crippen LogP contribution in [-0.4, -0.2) is 17.4 Å². The maximum Gasteiger partial charge on any atom is 0.260 e. The van der Waals surface area contributed by atoms with Gasteiger partial charge in [0.05, 0.1) is 11.3 Å². The van der Waals surface area contributed by atoms with Crippen molar-refractivity contribution in [1.29, 1.82) is 0 Å². The summed E-state index contributed by atoms with van der Waals surface area (Å²) in [5.74, 6) is -0.411. The van der Waals surface area contributed by atoms with E-state index in [-0.39, 0.29) is 11.8 Å². The Balaban J connectivity index is 1.76. The SMILES string of the molecule is CC(C)(C)NC(=O)C(c1ccccc1)N1C(=O)C(=C(c2ccccc2)c2ccccc2)c2ccccc21. The van der Waals surface area contributed by atoms with Crippen molar-refractivity contribution in [3.8, 4) is 0 Å². The van der Waals surface area contributed by atoms with Gasteiger partial charge in [-0.15, -0.1) is 0 Å². The third-order valence-corrected chi connectivity index (χ3v) is 6.36. The first-order valence-corrected chi connectivity index (χ1v) is 12.5. The highest BCUT2D eigenvalue weighted by Crippen LogP contribution is 2.46. The van der Waals surface area contributed by atoms with Crippen molar-refractivity contribution in [1.82, 2.24) is 5.32 Å². The first kappa shape index (κ1) is 24.3. The molecular formula is C33H30N2O2. The van der Waals surface area contributed by atoms with Crippen molar-refractivity contribution in [2.45, 2.75) is 32.4 Å². The van der Waals surface area contributed by atoms with E-state index in [9.17, 15) is 9.59 Å². The maximum atomic E-state index is 14.5. The fraction of sp³-hybridized carbons (Fsp3) is 0.152. The molecular weight excluding hydrogens is 456 g/mol. The number of rotatable bonds is 5. The molecule has 4 aromatic carbocycles. The summed E-state index contributed by atoms with van der Waals surface area (Å²) in [5.41, 5.74) is 5.19. The van der Waals surface area contributed by atoms with Gasteiger partial charge >= 0.3 is 0 Å². The number of nitrogens with one attached hydrogen (secondary N) is 1. The summed E-state index contributed by atoms with van der Waals surface area (Å²) in [5, 5.41) is 3.10. The van der Waals surface area contributed by atoms with E-state index >= 15 is 0 Å². The molecule has 0 fully saturated rings. The van der Waals surface area contributed by atoms with Gasteiger partial charge in [-0.05, 0) is 43.5 Å². The van der Waals surface area contributed by atoms with E-state index in [1.54, 1.807) is 4.90 Å². The second kappa shape index (κ2) is 9.90. The van der Waals surface area contributed by atoms with Gasteiger partial charge in [0.25, 0.3) is 5.91 Å². The molecule has 0 spiro atoms. The molecule has 1 aliphatic heterocycles. The van der Waals surface area contributed by atoms with Gasteiger partial charge in [-0.25, -0.2) is 0 Å². The van der Waals surface area contributed by atoms with Crippen LogP contribution in [0.15, 0.2) is 115 Å². The molecule has 4 nitrogen and oxygen atoms in total. The first-order valence-electron chi connectivity index (χ1n) is 12.5. The van der Waals surface area contributed by atoms with Gasteiger partial charge in [0.1, 0.15) is 6.04 Å².